The smallest absolute Gasteiger partial charge is 0.148 e. The molecule has 0 aliphatic carbocycles. The van der Waals surface area contributed by atoms with Crippen molar-refractivity contribution in [3.05, 3.63) is 47.3 Å². The minimum Gasteiger partial charge on any atom is -0.323 e. The summed E-state index contributed by atoms with van der Waals surface area (Å²) in [4.78, 5) is 4.09. The molecule has 84 valence electrons. The van der Waals surface area contributed by atoms with Crippen LogP contribution in [0.2, 0.25) is 5.02 Å². The van der Waals surface area contributed by atoms with E-state index in [2.05, 4.69) is 4.98 Å². The van der Waals surface area contributed by atoms with Crippen molar-refractivity contribution in [1.29, 1.82) is 0 Å². The Labute approximate surface area is 97.7 Å². The summed E-state index contributed by atoms with van der Waals surface area (Å²) >= 11 is 5.68. The Morgan fingerprint density at radius 1 is 1.50 bits per heavy atom. The number of imidazole rings is 1. The third-order valence-electron chi connectivity index (χ3n) is 2.26. The first-order valence-electron chi connectivity index (χ1n) is 4.83. The van der Waals surface area contributed by atoms with Gasteiger partial charge in [0.25, 0.3) is 0 Å². The van der Waals surface area contributed by atoms with Crippen LogP contribution in [0.15, 0.2) is 30.7 Å². The largest absolute Gasteiger partial charge is 0.323 e. The Kier molecular flexibility index (Phi) is 2.94. The third kappa shape index (κ3) is 2.08. The van der Waals surface area contributed by atoms with E-state index in [-0.39, 0.29) is 11.9 Å². The number of aromatic nitrogens is 2. The zero-order chi connectivity index (χ0) is 11.7. The number of nitrogens with zero attached hydrogens (tertiary/aromatic N) is 2. The van der Waals surface area contributed by atoms with Crippen LogP contribution < -0.4 is 5.73 Å². The number of halogens is 2. The maximum atomic E-state index is 13.6. The van der Waals surface area contributed by atoms with Crippen LogP contribution in [-0.4, -0.2) is 9.55 Å². The van der Waals surface area contributed by atoms with Crippen molar-refractivity contribution in [3.63, 3.8) is 0 Å². The lowest BCUT2D eigenvalue weighted by molar-refractivity contribution is 0.618. The van der Waals surface area contributed by atoms with Gasteiger partial charge in [-0.2, -0.15) is 0 Å². The minimum atomic E-state index is -0.388. The van der Waals surface area contributed by atoms with Gasteiger partial charge in [-0.15, -0.1) is 0 Å². The Morgan fingerprint density at radius 3 is 2.81 bits per heavy atom. The molecule has 0 unspecified atom stereocenters. The predicted octanol–water partition coefficient (Wildman–Crippen LogP) is 2.68. The molecule has 3 nitrogen and oxygen atoms in total. The summed E-state index contributed by atoms with van der Waals surface area (Å²) in [5, 5.41) is 0.369. The summed E-state index contributed by atoms with van der Waals surface area (Å²) in [6.45, 7) is 1.82. The van der Waals surface area contributed by atoms with Crippen LogP contribution in [0.5, 0.6) is 0 Å². The predicted molar refractivity (Wildman–Crippen MR) is 61.1 cm³/mol. The number of rotatable bonds is 2. The van der Waals surface area contributed by atoms with Crippen LogP contribution in [-0.2, 0) is 0 Å². The van der Waals surface area contributed by atoms with E-state index in [4.69, 9.17) is 17.3 Å². The molecular weight excluding hydrogens is 229 g/mol. The normalized spacial score (nSPS) is 12.8. The topological polar surface area (TPSA) is 43.8 Å². The third-order valence-corrected chi connectivity index (χ3v) is 2.49. The average molecular weight is 240 g/mol. The van der Waals surface area contributed by atoms with Crippen molar-refractivity contribution in [2.75, 3.05) is 0 Å². The maximum Gasteiger partial charge on any atom is 0.148 e. The SMILES string of the molecule is C[C@H](N)c1cn(-c2ccc(Cl)cc2F)cn1. The lowest BCUT2D eigenvalue weighted by Gasteiger charge is -2.04. The second-order valence-electron chi connectivity index (χ2n) is 3.59. The Bertz CT molecular complexity index is 508. The molecule has 0 saturated carbocycles. The number of hydrogen-bond donors (Lipinski definition) is 1. The minimum absolute atomic E-state index is 0.170. The standard InChI is InChI=1S/C11H11ClFN3/c1-7(14)10-5-16(6-15-10)11-3-2-8(12)4-9(11)13/h2-7H,14H2,1H3/t7-/m0/s1. The molecule has 0 fully saturated rings. The van der Waals surface area contributed by atoms with Gasteiger partial charge in [0.2, 0.25) is 0 Å². The van der Waals surface area contributed by atoms with Gasteiger partial charge in [0.05, 0.1) is 17.7 Å². The van der Waals surface area contributed by atoms with Crippen LogP contribution in [0.25, 0.3) is 5.69 Å². The molecular formula is C11H11ClFN3. The van der Waals surface area contributed by atoms with Gasteiger partial charge in [0.1, 0.15) is 5.82 Å². The van der Waals surface area contributed by atoms with Crippen LogP contribution in [0, 0.1) is 5.82 Å². The van der Waals surface area contributed by atoms with E-state index in [9.17, 15) is 4.39 Å². The van der Waals surface area contributed by atoms with Crippen molar-refractivity contribution in [3.8, 4) is 5.69 Å². The van der Waals surface area contributed by atoms with Gasteiger partial charge >= 0.3 is 0 Å². The molecule has 5 heteroatoms. The fourth-order valence-corrected chi connectivity index (χ4v) is 1.55. The van der Waals surface area contributed by atoms with E-state index in [1.54, 1.807) is 22.9 Å². The highest BCUT2D eigenvalue weighted by Crippen LogP contribution is 2.19. The van der Waals surface area contributed by atoms with Crippen molar-refractivity contribution >= 4 is 11.6 Å². The second-order valence-corrected chi connectivity index (χ2v) is 4.03. The Morgan fingerprint density at radius 2 is 2.25 bits per heavy atom. The van der Waals surface area contributed by atoms with Gasteiger partial charge in [0.15, 0.2) is 0 Å². The molecule has 0 radical (unpaired) electrons. The monoisotopic (exact) mass is 239 g/mol. The van der Waals surface area contributed by atoms with Crippen LogP contribution in [0.4, 0.5) is 4.39 Å². The van der Waals surface area contributed by atoms with E-state index >= 15 is 0 Å². The molecule has 0 bridgehead atoms. The lowest BCUT2D eigenvalue weighted by atomic mass is 10.3. The quantitative estimate of drug-likeness (QED) is 0.876. The summed E-state index contributed by atoms with van der Waals surface area (Å²) in [7, 11) is 0. The number of hydrogen-bond acceptors (Lipinski definition) is 2. The van der Waals surface area contributed by atoms with E-state index in [0.717, 1.165) is 0 Å². The first-order valence-corrected chi connectivity index (χ1v) is 5.20. The van der Waals surface area contributed by atoms with Gasteiger partial charge in [0, 0.05) is 17.3 Å². The Balaban J connectivity index is 2.42. The van der Waals surface area contributed by atoms with E-state index in [0.29, 0.717) is 16.4 Å². The van der Waals surface area contributed by atoms with E-state index in [1.165, 1.54) is 12.4 Å². The molecule has 1 aromatic heterocycles. The van der Waals surface area contributed by atoms with Crippen LogP contribution in [0.1, 0.15) is 18.7 Å². The molecule has 0 aliphatic rings. The first kappa shape index (κ1) is 11.1. The van der Waals surface area contributed by atoms with Gasteiger partial charge in [-0.3, -0.25) is 0 Å². The molecule has 16 heavy (non-hydrogen) atoms. The zero-order valence-corrected chi connectivity index (χ0v) is 9.45. The van der Waals surface area contributed by atoms with Crippen LogP contribution >= 0.6 is 11.6 Å². The highest BCUT2D eigenvalue weighted by atomic mass is 35.5. The highest BCUT2D eigenvalue weighted by Gasteiger charge is 2.08. The first-order chi connectivity index (χ1) is 7.58. The molecule has 0 aliphatic heterocycles. The Hall–Kier alpha value is -1.39. The van der Waals surface area contributed by atoms with Crippen LogP contribution in [0.3, 0.4) is 0 Å². The average Bonchev–Trinajstić information content (AvgIpc) is 2.66. The molecule has 1 aromatic carbocycles. The molecule has 2 rings (SSSR count). The fourth-order valence-electron chi connectivity index (χ4n) is 1.40. The molecule has 1 atom stereocenters. The number of benzene rings is 1. The summed E-state index contributed by atoms with van der Waals surface area (Å²) in [6, 6.07) is 4.33. The summed E-state index contributed by atoms with van der Waals surface area (Å²) < 4.78 is 15.2. The van der Waals surface area contributed by atoms with E-state index < -0.39 is 0 Å². The molecule has 0 saturated heterocycles. The summed E-state index contributed by atoms with van der Waals surface area (Å²) in [6.07, 6.45) is 3.24. The number of nitrogens with two attached hydrogens (primary N) is 1. The lowest BCUT2D eigenvalue weighted by Crippen LogP contribution is -2.05. The van der Waals surface area contributed by atoms with E-state index in [1.807, 2.05) is 6.92 Å². The van der Waals surface area contributed by atoms with Crippen molar-refractivity contribution < 1.29 is 4.39 Å². The second kappa shape index (κ2) is 4.23. The van der Waals surface area contributed by atoms with Crippen molar-refractivity contribution in [2.45, 2.75) is 13.0 Å². The maximum absolute atomic E-state index is 13.6. The summed E-state index contributed by atoms with van der Waals surface area (Å²) in [5.74, 6) is -0.388. The summed E-state index contributed by atoms with van der Waals surface area (Å²) in [5.41, 5.74) is 6.80. The van der Waals surface area contributed by atoms with Gasteiger partial charge in [-0.1, -0.05) is 11.6 Å². The zero-order valence-electron chi connectivity index (χ0n) is 8.69. The molecule has 1 heterocycles. The molecule has 2 N–H and O–H groups in total. The van der Waals surface area contributed by atoms with Crippen molar-refractivity contribution in [1.82, 2.24) is 9.55 Å². The highest BCUT2D eigenvalue weighted by molar-refractivity contribution is 6.30. The van der Waals surface area contributed by atoms with Gasteiger partial charge < -0.3 is 10.3 Å². The molecule has 2 aromatic rings. The molecule has 0 amide bonds. The molecule has 0 spiro atoms. The van der Waals surface area contributed by atoms with Gasteiger partial charge in [-0.25, -0.2) is 9.37 Å². The van der Waals surface area contributed by atoms with Crippen molar-refractivity contribution in [2.24, 2.45) is 5.73 Å². The van der Waals surface area contributed by atoms with Gasteiger partial charge in [-0.05, 0) is 25.1 Å². The fraction of sp³-hybridized carbons (Fsp3) is 0.182.